The summed E-state index contributed by atoms with van der Waals surface area (Å²) in [5, 5.41) is 0. The highest BCUT2D eigenvalue weighted by atomic mass is 16.5. The third kappa shape index (κ3) is 4.01. The molecule has 1 aromatic carbocycles. The standard InChI is InChI=1S/C19H26N2O2/c1-13(2)9-12-23-19(22)21-11-10-20-18(21)16(5)17-8-6-7-14(3)15(17)4/h6-8,10-11,13,16H,9,12H2,1-5H3/t16-/m0/s1. The smallest absolute Gasteiger partial charge is 0.419 e. The van der Waals surface area contributed by atoms with Crippen LogP contribution >= 0.6 is 0 Å². The number of hydrogen-bond acceptors (Lipinski definition) is 3. The lowest BCUT2D eigenvalue weighted by Gasteiger charge is -2.17. The Balaban J connectivity index is 2.20. The first-order valence-corrected chi connectivity index (χ1v) is 8.18. The van der Waals surface area contributed by atoms with Gasteiger partial charge in [0.2, 0.25) is 0 Å². The highest BCUT2D eigenvalue weighted by molar-refractivity contribution is 5.71. The van der Waals surface area contributed by atoms with Crippen LogP contribution in [0.3, 0.4) is 0 Å². The van der Waals surface area contributed by atoms with Gasteiger partial charge >= 0.3 is 6.09 Å². The molecular formula is C19H26N2O2. The number of imidazole rings is 1. The van der Waals surface area contributed by atoms with Crippen molar-refractivity contribution >= 4 is 6.09 Å². The van der Waals surface area contributed by atoms with Crippen LogP contribution in [-0.2, 0) is 4.74 Å². The van der Waals surface area contributed by atoms with Gasteiger partial charge in [-0.25, -0.2) is 14.3 Å². The van der Waals surface area contributed by atoms with Crippen LogP contribution < -0.4 is 0 Å². The van der Waals surface area contributed by atoms with E-state index in [2.05, 4.69) is 51.7 Å². The van der Waals surface area contributed by atoms with E-state index >= 15 is 0 Å². The van der Waals surface area contributed by atoms with Crippen LogP contribution in [0.25, 0.3) is 0 Å². The summed E-state index contributed by atoms with van der Waals surface area (Å²) in [6, 6.07) is 6.23. The third-order valence-corrected chi connectivity index (χ3v) is 4.29. The Kier molecular flexibility index (Phi) is 5.59. The molecule has 0 unspecified atom stereocenters. The molecule has 2 rings (SSSR count). The summed E-state index contributed by atoms with van der Waals surface area (Å²) in [6.07, 6.45) is 3.84. The number of aromatic nitrogens is 2. The molecule has 0 bridgehead atoms. The maximum absolute atomic E-state index is 12.3. The van der Waals surface area contributed by atoms with Crippen LogP contribution in [0.2, 0.25) is 0 Å². The van der Waals surface area contributed by atoms with E-state index in [-0.39, 0.29) is 12.0 Å². The van der Waals surface area contributed by atoms with Crippen molar-refractivity contribution in [1.82, 2.24) is 9.55 Å². The molecule has 0 amide bonds. The van der Waals surface area contributed by atoms with Crippen molar-refractivity contribution in [3.8, 4) is 0 Å². The molecule has 0 spiro atoms. The van der Waals surface area contributed by atoms with Gasteiger partial charge in [-0.3, -0.25) is 0 Å². The molecule has 23 heavy (non-hydrogen) atoms. The van der Waals surface area contributed by atoms with Crippen LogP contribution in [0.1, 0.15) is 55.6 Å². The molecule has 0 saturated heterocycles. The lowest BCUT2D eigenvalue weighted by atomic mass is 9.93. The number of rotatable bonds is 5. The second-order valence-corrected chi connectivity index (χ2v) is 6.46. The molecule has 1 aromatic heterocycles. The van der Waals surface area contributed by atoms with Crippen LogP contribution in [-0.4, -0.2) is 22.3 Å². The summed E-state index contributed by atoms with van der Waals surface area (Å²) in [6.45, 7) is 10.9. The predicted molar refractivity (Wildman–Crippen MR) is 91.9 cm³/mol. The average molecular weight is 314 g/mol. The molecule has 1 atom stereocenters. The minimum atomic E-state index is -0.352. The third-order valence-electron chi connectivity index (χ3n) is 4.29. The number of nitrogens with zero attached hydrogens (tertiary/aromatic N) is 2. The highest BCUT2D eigenvalue weighted by Gasteiger charge is 2.20. The van der Waals surface area contributed by atoms with Crippen LogP contribution in [0.4, 0.5) is 4.79 Å². The summed E-state index contributed by atoms with van der Waals surface area (Å²) in [5.74, 6) is 1.26. The van der Waals surface area contributed by atoms with E-state index in [1.807, 2.05) is 6.07 Å². The molecule has 124 valence electrons. The van der Waals surface area contributed by atoms with Gasteiger partial charge in [-0.05, 0) is 42.9 Å². The number of carbonyl (C=O) groups excluding carboxylic acids is 1. The minimum Gasteiger partial charge on any atom is -0.449 e. The molecule has 0 radical (unpaired) electrons. The van der Waals surface area contributed by atoms with Crippen LogP contribution in [0.15, 0.2) is 30.6 Å². The summed E-state index contributed by atoms with van der Waals surface area (Å²) < 4.78 is 6.88. The van der Waals surface area contributed by atoms with Crippen molar-refractivity contribution < 1.29 is 9.53 Å². The van der Waals surface area contributed by atoms with E-state index in [0.29, 0.717) is 18.3 Å². The number of ether oxygens (including phenoxy) is 1. The molecule has 0 aliphatic carbocycles. The molecule has 0 fully saturated rings. The van der Waals surface area contributed by atoms with E-state index in [1.54, 1.807) is 12.4 Å². The Morgan fingerprint density at radius 3 is 2.70 bits per heavy atom. The van der Waals surface area contributed by atoms with Gasteiger partial charge in [0.25, 0.3) is 0 Å². The van der Waals surface area contributed by atoms with E-state index < -0.39 is 0 Å². The molecule has 4 nitrogen and oxygen atoms in total. The van der Waals surface area contributed by atoms with Crippen molar-refractivity contribution in [2.24, 2.45) is 5.92 Å². The fraction of sp³-hybridized carbons (Fsp3) is 0.474. The zero-order valence-corrected chi connectivity index (χ0v) is 14.7. The van der Waals surface area contributed by atoms with Gasteiger partial charge in [-0.15, -0.1) is 0 Å². The molecular weight excluding hydrogens is 288 g/mol. The largest absolute Gasteiger partial charge is 0.449 e. The van der Waals surface area contributed by atoms with E-state index in [0.717, 1.165) is 6.42 Å². The summed E-state index contributed by atoms with van der Waals surface area (Å²) in [4.78, 5) is 16.7. The van der Waals surface area contributed by atoms with Crippen molar-refractivity contribution in [1.29, 1.82) is 0 Å². The number of hydrogen-bond donors (Lipinski definition) is 0. The van der Waals surface area contributed by atoms with Crippen LogP contribution in [0.5, 0.6) is 0 Å². The molecule has 0 saturated carbocycles. The Bertz CT molecular complexity index is 674. The number of aryl methyl sites for hydroxylation is 1. The normalized spacial score (nSPS) is 12.4. The Labute approximate surface area is 138 Å². The molecule has 2 aromatic rings. The van der Waals surface area contributed by atoms with E-state index in [1.165, 1.54) is 21.3 Å². The average Bonchev–Trinajstić information content (AvgIpc) is 2.98. The second kappa shape index (κ2) is 7.44. The highest BCUT2D eigenvalue weighted by Crippen LogP contribution is 2.27. The molecule has 0 N–H and O–H groups in total. The summed E-state index contributed by atoms with van der Waals surface area (Å²) >= 11 is 0. The van der Waals surface area contributed by atoms with Crippen LogP contribution in [0, 0.1) is 19.8 Å². The molecule has 0 aliphatic rings. The fourth-order valence-electron chi connectivity index (χ4n) is 2.62. The fourth-order valence-corrected chi connectivity index (χ4v) is 2.62. The van der Waals surface area contributed by atoms with Gasteiger partial charge in [0.15, 0.2) is 0 Å². The lowest BCUT2D eigenvalue weighted by Crippen LogP contribution is -2.19. The van der Waals surface area contributed by atoms with Crippen molar-refractivity contribution in [2.75, 3.05) is 6.61 Å². The van der Waals surface area contributed by atoms with Gasteiger partial charge < -0.3 is 4.74 Å². The molecule has 1 heterocycles. The predicted octanol–water partition coefficient (Wildman–Crippen LogP) is 4.68. The zero-order chi connectivity index (χ0) is 17.0. The zero-order valence-electron chi connectivity index (χ0n) is 14.7. The van der Waals surface area contributed by atoms with Crippen molar-refractivity contribution in [3.05, 3.63) is 53.1 Å². The topological polar surface area (TPSA) is 44.1 Å². The van der Waals surface area contributed by atoms with Gasteiger partial charge in [0.1, 0.15) is 5.82 Å². The Hall–Kier alpha value is -2.10. The van der Waals surface area contributed by atoms with Gasteiger partial charge in [0.05, 0.1) is 6.61 Å². The summed E-state index contributed by atoms with van der Waals surface area (Å²) in [7, 11) is 0. The Morgan fingerprint density at radius 1 is 1.26 bits per heavy atom. The van der Waals surface area contributed by atoms with Crippen molar-refractivity contribution in [3.63, 3.8) is 0 Å². The SMILES string of the molecule is Cc1cccc([C@H](C)c2nccn2C(=O)OCCC(C)C)c1C. The van der Waals surface area contributed by atoms with Crippen molar-refractivity contribution in [2.45, 2.75) is 47.0 Å². The molecule has 4 heteroatoms. The van der Waals surface area contributed by atoms with Gasteiger partial charge in [-0.2, -0.15) is 0 Å². The quantitative estimate of drug-likeness (QED) is 0.804. The molecule has 0 aliphatic heterocycles. The maximum Gasteiger partial charge on any atom is 0.419 e. The van der Waals surface area contributed by atoms with Gasteiger partial charge in [0, 0.05) is 18.3 Å². The maximum atomic E-state index is 12.3. The number of carbonyl (C=O) groups is 1. The monoisotopic (exact) mass is 314 g/mol. The number of benzene rings is 1. The van der Waals surface area contributed by atoms with E-state index in [9.17, 15) is 4.79 Å². The van der Waals surface area contributed by atoms with E-state index in [4.69, 9.17) is 4.74 Å². The minimum absolute atomic E-state index is 0.0301. The first-order valence-electron chi connectivity index (χ1n) is 8.18. The first kappa shape index (κ1) is 17.3. The van der Waals surface area contributed by atoms with Gasteiger partial charge in [-0.1, -0.05) is 39.0 Å². The second-order valence-electron chi connectivity index (χ2n) is 6.46. The summed E-state index contributed by atoms with van der Waals surface area (Å²) in [5.41, 5.74) is 3.67. The first-order chi connectivity index (χ1) is 10.9. The lowest BCUT2D eigenvalue weighted by molar-refractivity contribution is 0.141. The Morgan fingerprint density at radius 2 is 2.00 bits per heavy atom.